The molecule has 1 heterocycles. The average molecular weight is 472 g/mol. The third kappa shape index (κ3) is 9.58. The maximum Gasteiger partial charge on any atom is 0.257 e. The first kappa shape index (κ1) is 30.0. The fourth-order valence-electron chi connectivity index (χ4n) is 2.61. The molecule has 6 nitrogen and oxygen atoms in total. The summed E-state index contributed by atoms with van der Waals surface area (Å²) in [5.74, 6) is -0.156. The van der Waals surface area contributed by atoms with Crippen molar-refractivity contribution in [2.75, 3.05) is 5.32 Å². The number of amides is 1. The van der Waals surface area contributed by atoms with Gasteiger partial charge in [-0.2, -0.15) is 5.26 Å². The van der Waals surface area contributed by atoms with Gasteiger partial charge in [-0.25, -0.2) is 4.98 Å². The summed E-state index contributed by atoms with van der Waals surface area (Å²) in [5.41, 5.74) is 1.94. The first-order chi connectivity index (χ1) is 15.7. The number of anilines is 1. The van der Waals surface area contributed by atoms with Crippen molar-refractivity contribution < 1.29 is 14.1 Å². The number of nitriles is 1. The number of benzene rings is 1. The normalized spacial score (nSPS) is 11.0. The van der Waals surface area contributed by atoms with Crippen LogP contribution in [0.4, 0.5) is 5.82 Å². The number of carbonyl (C=O) groups is 1. The summed E-state index contributed by atoms with van der Waals surface area (Å²) >= 11 is 0. The van der Waals surface area contributed by atoms with E-state index < -0.39 is 16.7 Å². The quantitative estimate of drug-likeness (QED) is 0.472. The van der Waals surface area contributed by atoms with Gasteiger partial charge in [-0.3, -0.25) is 9.00 Å². The third-order valence-corrected chi connectivity index (χ3v) is 5.94. The molecule has 0 aliphatic rings. The van der Waals surface area contributed by atoms with Gasteiger partial charge < -0.3 is 10.4 Å². The molecule has 0 aliphatic carbocycles. The van der Waals surface area contributed by atoms with Crippen molar-refractivity contribution in [3.63, 3.8) is 0 Å². The van der Waals surface area contributed by atoms with Crippen molar-refractivity contribution in [1.29, 1.82) is 5.26 Å². The highest BCUT2D eigenvalue weighted by molar-refractivity contribution is 7.85. The van der Waals surface area contributed by atoms with Crippen LogP contribution >= 0.6 is 0 Å². The van der Waals surface area contributed by atoms with Crippen molar-refractivity contribution in [1.82, 2.24) is 4.98 Å². The van der Waals surface area contributed by atoms with E-state index in [0.717, 1.165) is 0 Å². The van der Waals surface area contributed by atoms with Crippen LogP contribution in [0.25, 0.3) is 0 Å². The molecule has 1 aromatic carbocycles. The van der Waals surface area contributed by atoms with Crippen LogP contribution in [0.5, 0.6) is 5.75 Å². The average Bonchev–Trinajstić information content (AvgIpc) is 2.80. The summed E-state index contributed by atoms with van der Waals surface area (Å²) in [6, 6.07) is 6.51. The van der Waals surface area contributed by atoms with Crippen molar-refractivity contribution in [3.8, 4) is 11.8 Å². The zero-order valence-corrected chi connectivity index (χ0v) is 21.8. The first-order valence-corrected chi connectivity index (χ1v) is 12.4. The molecule has 33 heavy (non-hydrogen) atoms. The topological polar surface area (TPSA) is 103 Å². The van der Waals surface area contributed by atoms with Crippen LogP contribution in [-0.2, 0) is 10.8 Å². The molecule has 0 spiro atoms. The molecule has 2 N–H and O–H groups in total. The van der Waals surface area contributed by atoms with E-state index in [2.05, 4.69) is 36.3 Å². The van der Waals surface area contributed by atoms with E-state index in [0.29, 0.717) is 28.1 Å². The van der Waals surface area contributed by atoms with E-state index in [-0.39, 0.29) is 15.9 Å². The Bertz CT molecular complexity index is 1010. The fraction of sp³-hybridized carbons (Fsp3) is 0.423. The number of allylic oxidation sites excluding steroid dienone is 2. The molecular weight excluding hydrogens is 434 g/mol. The van der Waals surface area contributed by atoms with E-state index in [4.69, 9.17) is 5.26 Å². The fourth-order valence-corrected chi connectivity index (χ4v) is 3.61. The zero-order chi connectivity index (χ0) is 25.6. The third-order valence-electron chi connectivity index (χ3n) is 4.33. The molecule has 1 aromatic heterocycles. The summed E-state index contributed by atoms with van der Waals surface area (Å²) in [5, 5.41) is 21.4. The second kappa shape index (κ2) is 15.8. The molecular formula is C26H37N3O3S. The number of hydrogen-bond acceptors (Lipinski definition) is 5. The van der Waals surface area contributed by atoms with Gasteiger partial charge in [-0.1, -0.05) is 53.2 Å². The van der Waals surface area contributed by atoms with Crippen LogP contribution in [0.3, 0.4) is 0 Å². The first-order valence-electron chi connectivity index (χ1n) is 11.2. The Labute approximate surface area is 201 Å². The molecule has 0 saturated carbocycles. The van der Waals surface area contributed by atoms with Gasteiger partial charge in [0.2, 0.25) is 0 Å². The summed E-state index contributed by atoms with van der Waals surface area (Å²) < 4.78 is 12.3. The van der Waals surface area contributed by atoms with Gasteiger partial charge in [0.15, 0.2) is 0 Å². The number of aryl methyl sites for hydroxylation is 2. The summed E-state index contributed by atoms with van der Waals surface area (Å²) in [6.45, 7) is 15.2. The number of rotatable bonds is 6. The van der Waals surface area contributed by atoms with Gasteiger partial charge in [0, 0.05) is 17.0 Å². The van der Waals surface area contributed by atoms with E-state index in [9.17, 15) is 14.1 Å². The number of aromatic hydroxyl groups is 1. The smallest absolute Gasteiger partial charge is 0.257 e. The lowest BCUT2D eigenvalue weighted by Crippen LogP contribution is -2.16. The number of aromatic nitrogens is 1. The predicted octanol–water partition coefficient (Wildman–Crippen LogP) is 6.43. The molecule has 1 atom stereocenters. The highest BCUT2D eigenvalue weighted by Crippen LogP contribution is 2.27. The Hall–Kier alpha value is -2.98. The summed E-state index contributed by atoms with van der Waals surface area (Å²) in [7, 11) is -1.42. The Balaban J connectivity index is 0.00000111. The Kier molecular flexibility index (Phi) is 14.3. The number of nitrogens with zero attached hydrogens (tertiary/aromatic N) is 2. The Morgan fingerprint density at radius 3 is 2.33 bits per heavy atom. The van der Waals surface area contributed by atoms with Crippen molar-refractivity contribution >= 4 is 22.5 Å². The standard InChI is InChI=1S/C18H19N3O3S.C6H12.C2H6/c1-10(2)25(24)16-7-14(11(3)6-15(16)22)18(23)21-17-12(4)5-13(8-19)9-20-17;1-3-5-6-4-2;1-2/h5-7,9-10,22H,1-4H3,(H,20,21,23);3,5H,4,6H2,1-2H3;1-2H3/b;5-3+;. The number of phenolic OH excluding ortho intramolecular Hbond substituents is 1. The Morgan fingerprint density at radius 2 is 1.88 bits per heavy atom. The van der Waals surface area contributed by atoms with Gasteiger partial charge in [-0.15, -0.1) is 0 Å². The van der Waals surface area contributed by atoms with Gasteiger partial charge in [0.05, 0.1) is 21.3 Å². The minimum absolute atomic E-state index is 0.0891. The molecule has 2 rings (SSSR count). The Morgan fingerprint density at radius 1 is 1.24 bits per heavy atom. The summed E-state index contributed by atoms with van der Waals surface area (Å²) in [4.78, 5) is 16.9. The van der Waals surface area contributed by atoms with Crippen LogP contribution in [0.15, 0.2) is 41.4 Å². The lowest BCUT2D eigenvalue weighted by Gasteiger charge is -2.13. The highest BCUT2D eigenvalue weighted by atomic mass is 32.2. The number of unbranched alkanes of at least 4 members (excludes halogenated alkanes) is 1. The van der Waals surface area contributed by atoms with Gasteiger partial charge in [0.1, 0.15) is 17.6 Å². The van der Waals surface area contributed by atoms with E-state index in [1.165, 1.54) is 31.2 Å². The molecule has 1 unspecified atom stereocenters. The zero-order valence-electron chi connectivity index (χ0n) is 21.0. The largest absolute Gasteiger partial charge is 0.507 e. The molecule has 0 bridgehead atoms. The molecule has 180 valence electrons. The van der Waals surface area contributed by atoms with Crippen LogP contribution in [-0.4, -0.2) is 25.5 Å². The van der Waals surface area contributed by atoms with Crippen LogP contribution in [0.1, 0.15) is 81.4 Å². The van der Waals surface area contributed by atoms with Crippen molar-refractivity contribution in [2.24, 2.45) is 0 Å². The number of carbonyl (C=O) groups excluding carboxylic acids is 1. The molecule has 2 aromatic rings. The monoisotopic (exact) mass is 471 g/mol. The molecule has 0 saturated heterocycles. The second-order valence-corrected chi connectivity index (χ2v) is 9.27. The molecule has 0 fully saturated rings. The van der Waals surface area contributed by atoms with Gasteiger partial charge in [0.25, 0.3) is 5.91 Å². The molecule has 0 aliphatic heterocycles. The minimum atomic E-state index is -1.42. The number of nitrogens with one attached hydrogen (secondary N) is 1. The SMILES string of the molecule is C/C=C/CCC.CC.Cc1cc(O)c(S(=O)C(C)C)cc1C(=O)Nc1ncc(C#N)cc1C. The lowest BCUT2D eigenvalue weighted by molar-refractivity contribution is 0.102. The predicted molar refractivity (Wildman–Crippen MR) is 137 cm³/mol. The van der Waals surface area contributed by atoms with Gasteiger partial charge >= 0.3 is 0 Å². The number of pyridine rings is 1. The molecule has 7 heteroatoms. The van der Waals surface area contributed by atoms with Crippen molar-refractivity contribution in [3.05, 3.63) is 58.8 Å². The molecule has 1 amide bonds. The van der Waals surface area contributed by atoms with Crippen LogP contribution in [0, 0.1) is 25.2 Å². The molecule has 0 radical (unpaired) electrons. The maximum atomic E-state index is 12.6. The minimum Gasteiger partial charge on any atom is -0.507 e. The second-order valence-electron chi connectivity index (χ2n) is 7.29. The van der Waals surface area contributed by atoms with E-state index >= 15 is 0 Å². The van der Waals surface area contributed by atoms with E-state index in [1.54, 1.807) is 33.8 Å². The number of phenols is 1. The summed E-state index contributed by atoms with van der Waals surface area (Å²) in [6.07, 6.45) is 8.15. The maximum absolute atomic E-state index is 12.6. The van der Waals surface area contributed by atoms with Crippen LogP contribution in [0.2, 0.25) is 0 Å². The number of hydrogen-bond donors (Lipinski definition) is 2. The van der Waals surface area contributed by atoms with Crippen molar-refractivity contribution in [2.45, 2.75) is 78.4 Å². The highest BCUT2D eigenvalue weighted by Gasteiger charge is 2.19. The van der Waals surface area contributed by atoms with Gasteiger partial charge in [-0.05, 0) is 56.5 Å². The van der Waals surface area contributed by atoms with Crippen LogP contribution < -0.4 is 5.32 Å². The van der Waals surface area contributed by atoms with E-state index in [1.807, 2.05) is 19.9 Å². The lowest BCUT2D eigenvalue weighted by atomic mass is 10.1.